The van der Waals surface area contributed by atoms with Gasteiger partial charge in [0.1, 0.15) is 11.5 Å². The summed E-state index contributed by atoms with van der Waals surface area (Å²) in [5.74, 6) is -0.186. The minimum atomic E-state index is -0.633. The Morgan fingerprint density at radius 2 is 1.41 bits per heavy atom. The van der Waals surface area contributed by atoms with Gasteiger partial charge in [0.2, 0.25) is 5.91 Å². The number of nitrogens with two attached hydrogens (primary N) is 1. The number of benzene rings is 3. The van der Waals surface area contributed by atoms with Gasteiger partial charge in [-0.05, 0) is 37.1 Å². The van der Waals surface area contributed by atoms with Crippen molar-refractivity contribution in [1.29, 1.82) is 0 Å². The van der Waals surface area contributed by atoms with E-state index in [9.17, 15) is 14.4 Å². The zero-order valence-electron chi connectivity index (χ0n) is 21.0. The lowest BCUT2D eigenvalue weighted by molar-refractivity contribution is -0.117. The van der Waals surface area contributed by atoms with Crippen LogP contribution in [0.25, 0.3) is 0 Å². The summed E-state index contributed by atoms with van der Waals surface area (Å²) >= 11 is 0. The fraction of sp³-hybridized carbons (Fsp3) is 0.207. The van der Waals surface area contributed by atoms with Crippen molar-refractivity contribution in [3.63, 3.8) is 0 Å². The summed E-state index contributed by atoms with van der Waals surface area (Å²) in [4.78, 5) is 45.3. The highest BCUT2D eigenvalue weighted by molar-refractivity contribution is 5.97. The Balaban J connectivity index is 1.77. The fourth-order valence-electron chi connectivity index (χ4n) is 4.38. The second-order valence-electron chi connectivity index (χ2n) is 9.10. The third-order valence-electron chi connectivity index (χ3n) is 6.08. The van der Waals surface area contributed by atoms with Gasteiger partial charge in [0.25, 0.3) is 5.56 Å². The minimum absolute atomic E-state index is 0.0112. The number of nitrogens with one attached hydrogen (secondary N) is 1. The van der Waals surface area contributed by atoms with Crippen molar-refractivity contribution in [2.24, 2.45) is 0 Å². The molecule has 0 spiro atoms. The standard InChI is InChI=1S/C29H31N5O3/c1-21(2)34(24-16-10-5-11-17-24)25(35)20-32(18-22-12-6-3-7-13-22)26-27(30)33(29(37)31-28(26)36)19-23-14-8-4-9-15-23/h3-17,21H,18-20,30H2,1-2H3,(H,31,36,37). The molecule has 0 fully saturated rings. The summed E-state index contributed by atoms with van der Waals surface area (Å²) in [6.45, 7) is 4.20. The molecule has 0 aliphatic rings. The van der Waals surface area contributed by atoms with Crippen LogP contribution in [0, 0.1) is 0 Å². The highest BCUT2D eigenvalue weighted by Gasteiger charge is 2.26. The first kappa shape index (κ1) is 25.5. The Morgan fingerprint density at radius 3 is 1.97 bits per heavy atom. The second kappa shape index (κ2) is 11.4. The molecule has 4 aromatic rings. The highest BCUT2D eigenvalue weighted by atomic mass is 16.2. The number of aromatic nitrogens is 2. The summed E-state index contributed by atoms with van der Waals surface area (Å²) in [5.41, 5.74) is 7.85. The molecule has 3 N–H and O–H groups in total. The number of H-pyrrole nitrogens is 1. The van der Waals surface area contributed by atoms with E-state index in [1.807, 2.05) is 105 Å². The van der Waals surface area contributed by atoms with E-state index in [2.05, 4.69) is 4.98 Å². The Hall–Kier alpha value is -4.59. The number of carbonyl (C=O) groups is 1. The lowest BCUT2D eigenvalue weighted by atomic mass is 10.2. The van der Waals surface area contributed by atoms with Gasteiger partial charge in [-0.2, -0.15) is 0 Å². The number of hydrogen-bond acceptors (Lipinski definition) is 5. The van der Waals surface area contributed by atoms with Crippen LogP contribution in [0.15, 0.2) is 101 Å². The van der Waals surface area contributed by atoms with E-state index in [0.717, 1.165) is 16.8 Å². The van der Waals surface area contributed by atoms with E-state index in [1.165, 1.54) is 4.57 Å². The van der Waals surface area contributed by atoms with Gasteiger partial charge in [0.05, 0.1) is 13.1 Å². The van der Waals surface area contributed by atoms with Crippen LogP contribution in [0.5, 0.6) is 0 Å². The smallest absolute Gasteiger partial charge is 0.330 e. The molecule has 8 nitrogen and oxygen atoms in total. The van der Waals surface area contributed by atoms with Crippen LogP contribution >= 0.6 is 0 Å². The van der Waals surface area contributed by atoms with Crippen molar-refractivity contribution in [1.82, 2.24) is 9.55 Å². The first-order chi connectivity index (χ1) is 17.8. The zero-order valence-corrected chi connectivity index (χ0v) is 21.0. The van der Waals surface area contributed by atoms with Crippen LogP contribution in [-0.4, -0.2) is 28.0 Å². The van der Waals surface area contributed by atoms with Crippen LogP contribution in [0.1, 0.15) is 25.0 Å². The van der Waals surface area contributed by atoms with Gasteiger partial charge in [-0.1, -0.05) is 78.9 Å². The number of nitrogens with zero attached hydrogens (tertiary/aromatic N) is 3. The van der Waals surface area contributed by atoms with Gasteiger partial charge in [-0.15, -0.1) is 0 Å². The number of aromatic amines is 1. The first-order valence-electron chi connectivity index (χ1n) is 12.2. The first-order valence-corrected chi connectivity index (χ1v) is 12.2. The number of nitrogen functional groups attached to an aromatic ring is 1. The molecule has 1 heterocycles. The normalized spacial score (nSPS) is 10.9. The van der Waals surface area contributed by atoms with Crippen LogP contribution in [-0.2, 0) is 17.9 Å². The predicted octanol–water partition coefficient (Wildman–Crippen LogP) is 3.62. The van der Waals surface area contributed by atoms with E-state index in [1.54, 1.807) is 9.80 Å². The molecule has 0 bridgehead atoms. The number of rotatable bonds is 9. The third kappa shape index (κ3) is 5.98. The van der Waals surface area contributed by atoms with Crippen molar-refractivity contribution in [2.45, 2.75) is 33.0 Å². The Bertz CT molecular complexity index is 1450. The van der Waals surface area contributed by atoms with Crippen molar-refractivity contribution in [3.05, 3.63) is 123 Å². The van der Waals surface area contributed by atoms with Crippen LogP contribution in [0.2, 0.25) is 0 Å². The molecular weight excluding hydrogens is 466 g/mol. The molecule has 0 unspecified atom stereocenters. The minimum Gasteiger partial charge on any atom is -0.383 e. The number of anilines is 3. The maximum Gasteiger partial charge on any atom is 0.330 e. The lowest BCUT2D eigenvalue weighted by Gasteiger charge is -2.31. The number of carbonyl (C=O) groups excluding carboxylic acids is 1. The van der Waals surface area contributed by atoms with Crippen LogP contribution in [0.3, 0.4) is 0 Å². The summed E-state index contributed by atoms with van der Waals surface area (Å²) in [6.07, 6.45) is 0. The van der Waals surface area contributed by atoms with Gasteiger partial charge < -0.3 is 15.5 Å². The van der Waals surface area contributed by atoms with Crippen LogP contribution in [0.4, 0.5) is 17.2 Å². The molecule has 1 aromatic heterocycles. The fourth-order valence-corrected chi connectivity index (χ4v) is 4.38. The van der Waals surface area contributed by atoms with E-state index in [0.29, 0.717) is 0 Å². The van der Waals surface area contributed by atoms with Crippen molar-refractivity contribution in [3.8, 4) is 0 Å². The molecule has 0 saturated carbocycles. The topological polar surface area (TPSA) is 104 Å². The lowest BCUT2D eigenvalue weighted by Crippen LogP contribution is -2.46. The quantitative estimate of drug-likeness (QED) is 0.368. The number of para-hydroxylation sites is 1. The highest BCUT2D eigenvalue weighted by Crippen LogP contribution is 2.23. The molecule has 190 valence electrons. The average Bonchev–Trinajstić information content (AvgIpc) is 2.88. The summed E-state index contributed by atoms with van der Waals surface area (Å²) in [5, 5.41) is 0. The van der Waals surface area contributed by atoms with Crippen molar-refractivity contribution >= 4 is 23.1 Å². The summed E-state index contributed by atoms with van der Waals surface area (Å²) in [7, 11) is 0. The molecule has 8 heteroatoms. The molecule has 0 aliphatic carbocycles. The molecule has 0 atom stereocenters. The van der Waals surface area contributed by atoms with Gasteiger partial charge in [-0.25, -0.2) is 4.79 Å². The van der Waals surface area contributed by atoms with E-state index < -0.39 is 11.2 Å². The number of amides is 1. The molecule has 3 aromatic carbocycles. The third-order valence-corrected chi connectivity index (χ3v) is 6.08. The van der Waals surface area contributed by atoms with Gasteiger partial charge in [0, 0.05) is 18.3 Å². The van der Waals surface area contributed by atoms with E-state index in [4.69, 9.17) is 5.73 Å². The molecule has 0 saturated heterocycles. The van der Waals surface area contributed by atoms with Crippen molar-refractivity contribution in [2.75, 3.05) is 22.1 Å². The molecule has 1 amide bonds. The predicted molar refractivity (Wildman–Crippen MR) is 148 cm³/mol. The molecule has 0 radical (unpaired) electrons. The molecule has 37 heavy (non-hydrogen) atoms. The van der Waals surface area contributed by atoms with Gasteiger partial charge >= 0.3 is 5.69 Å². The Labute approximate surface area is 215 Å². The van der Waals surface area contributed by atoms with E-state index >= 15 is 0 Å². The largest absolute Gasteiger partial charge is 0.383 e. The van der Waals surface area contributed by atoms with Crippen molar-refractivity contribution < 1.29 is 4.79 Å². The maximum atomic E-state index is 13.7. The van der Waals surface area contributed by atoms with Gasteiger partial charge in [-0.3, -0.25) is 19.1 Å². The molecular formula is C29H31N5O3. The van der Waals surface area contributed by atoms with Gasteiger partial charge in [0.15, 0.2) is 0 Å². The average molecular weight is 498 g/mol. The van der Waals surface area contributed by atoms with Crippen LogP contribution < -0.4 is 26.8 Å². The molecule has 4 rings (SSSR count). The second-order valence-corrected chi connectivity index (χ2v) is 9.10. The SMILES string of the molecule is CC(C)N(C(=O)CN(Cc1ccccc1)c1c(N)n(Cc2ccccc2)c(=O)[nH]c1=O)c1ccccc1. The molecule has 0 aliphatic heterocycles. The Morgan fingerprint density at radius 1 is 0.865 bits per heavy atom. The summed E-state index contributed by atoms with van der Waals surface area (Å²) in [6, 6.07) is 28.2. The monoisotopic (exact) mass is 497 g/mol. The number of hydrogen-bond donors (Lipinski definition) is 2. The van der Waals surface area contributed by atoms with E-state index in [-0.39, 0.29) is 43.1 Å². The Kier molecular flexibility index (Phi) is 7.88. The zero-order chi connectivity index (χ0) is 26.4. The summed E-state index contributed by atoms with van der Waals surface area (Å²) < 4.78 is 1.33. The maximum absolute atomic E-state index is 13.7.